The number of aliphatic hydroxyl groups is 1. The van der Waals surface area contributed by atoms with Crippen molar-refractivity contribution in [2.75, 3.05) is 26.2 Å². The Bertz CT molecular complexity index is 1050. The number of hydrogen-bond donors (Lipinski definition) is 1. The Hall–Kier alpha value is -1.88. The van der Waals surface area contributed by atoms with E-state index in [1.807, 2.05) is 0 Å². The summed E-state index contributed by atoms with van der Waals surface area (Å²) in [6.45, 7) is 6.63. The molecule has 1 N–H and O–H groups in total. The van der Waals surface area contributed by atoms with Crippen molar-refractivity contribution in [1.82, 2.24) is 9.80 Å². The number of likely N-dealkylation sites (tertiary alicyclic amines) is 1. The van der Waals surface area contributed by atoms with Crippen LogP contribution in [0.2, 0.25) is 0 Å². The first-order valence-electron chi connectivity index (χ1n) is 13.6. The fraction of sp³-hybridized carbons (Fsp3) is 0.438. The Morgan fingerprint density at radius 1 is 0.676 bits per heavy atom. The van der Waals surface area contributed by atoms with Crippen LogP contribution in [0.15, 0.2) is 78.9 Å². The van der Waals surface area contributed by atoms with Gasteiger partial charge in [0.15, 0.2) is 0 Å². The van der Waals surface area contributed by atoms with Gasteiger partial charge in [-0.2, -0.15) is 0 Å². The van der Waals surface area contributed by atoms with Gasteiger partial charge in [-0.05, 0) is 85.3 Å². The lowest BCUT2D eigenvalue weighted by Gasteiger charge is -2.32. The largest absolute Gasteiger partial charge is 0.388 e. The fourth-order valence-electron chi connectivity index (χ4n) is 5.83. The molecule has 5 rings (SSSR count). The van der Waals surface area contributed by atoms with E-state index in [1.54, 1.807) is 0 Å². The molecule has 0 bridgehead atoms. The number of halogens is 2. The molecule has 0 radical (unpaired) electrons. The molecule has 1 fully saturated rings. The molecule has 2 aliphatic rings. The van der Waals surface area contributed by atoms with Crippen LogP contribution in [0.5, 0.6) is 0 Å². The van der Waals surface area contributed by atoms with Crippen LogP contribution >= 0.6 is 24.8 Å². The number of benzene rings is 3. The lowest BCUT2D eigenvalue weighted by Crippen LogP contribution is -2.33. The van der Waals surface area contributed by atoms with Crippen molar-refractivity contribution in [3.63, 3.8) is 0 Å². The zero-order valence-corrected chi connectivity index (χ0v) is 23.4. The zero-order valence-electron chi connectivity index (χ0n) is 21.8. The summed E-state index contributed by atoms with van der Waals surface area (Å²) < 4.78 is 0. The van der Waals surface area contributed by atoms with E-state index in [-0.39, 0.29) is 30.9 Å². The predicted molar refractivity (Wildman–Crippen MR) is 159 cm³/mol. The second kappa shape index (κ2) is 14.9. The Morgan fingerprint density at radius 2 is 1.22 bits per heavy atom. The molecule has 0 amide bonds. The van der Waals surface area contributed by atoms with E-state index in [0.29, 0.717) is 0 Å². The fourth-order valence-corrected chi connectivity index (χ4v) is 5.83. The summed E-state index contributed by atoms with van der Waals surface area (Å²) in [7, 11) is 0. The van der Waals surface area contributed by atoms with Gasteiger partial charge in [0.05, 0.1) is 6.10 Å². The van der Waals surface area contributed by atoms with Gasteiger partial charge < -0.3 is 5.11 Å². The molecular weight excluding hydrogens is 499 g/mol. The topological polar surface area (TPSA) is 26.7 Å². The molecule has 1 saturated heterocycles. The Morgan fingerprint density at radius 3 is 1.81 bits per heavy atom. The highest BCUT2D eigenvalue weighted by Crippen LogP contribution is 2.29. The summed E-state index contributed by atoms with van der Waals surface area (Å²) in [5.74, 6) is 0.740. The third kappa shape index (κ3) is 8.56. The van der Waals surface area contributed by atoms with Crippen molar-refractivity contribution in [1.29, 1.82) is 0 Å². The monoisotopic (exact) mass is 540 g/mol. The van der Waals surface area contributed by atoms with E-state index in [1.165, 1.54) is 48.2 Å². The maximum atomic E-state index is 11.0. The van der Waals surface area contributed by atoms with Gasteiger partial charge in [-0.1, -0.05) is 78.9 Å². The number of aliphatic hydroxyl groups excluding tert-OH is 1. The third-order valence-corrected chi connectivity index (χ3v) is 8.06. The minimum atomic E-state index is -0.341. The summed E-state index contributed by atoms with van der Waals surface area (Å²) in [4.78, 5) is 5.14. The quantitative estimate of drug-likeness (QED) is 0.338. The van der Waals surface area contributed by atoms with Crippen LogP contribution in [-0.4, -0.2) is 41.1 Å². The smallest absolute Gasteiger partial charge is 0.0790 e. The lowest BCUT2D eigenvalue weighted by molar-refractivity contribution is 0.132. The SMILES string of the molecule is Cl.Cl.OC(CCC1CCN(Cc2ccccc2)CC1)c1ccc2c(c1)CCN(Cc1ccccc1)CC2. The maximum Gasteiger partial charge on any atom is 0.0790 e. The van der Waals surface area contributed by atoms with E-state index < -0.39 is 0 Å². The number of hydrogen-bond acceptors (Lipinski definition) is 3. The normalized spacial score (nSPS) is 17.6. The van der Waals surface area contributed by atoms with E-state index in [0.717, 1.165) is 63.3 Å². The van der Waals surface area contributed by atoms with Crippen LogP contribution in [0, 0.1) is 5.92 Å². The van der Waals surface area contributed by atoms with Crippen molar-refractivity contribution in [3.8, 4) is 0 Å². The highest BCUT2D eigenvalue weighted by molar-refractivity contribution is 5.85. The maximum absolute atomic E-state index is 11.0. The van der Waals surface area contributed by atoms with Crippen LogP contribution < -0.4 is 0 Å². The third-order valence-electron chi connectivity index (χ3n) is 8.06. The van der Waals surface area contributed by atoms with Gasteiger partial charge in [0.1, 0.15) is 0 Å². The minimum Gasteiger partial charge on any atom is -0.388 e. The molecule has 0 spiro atoms. The van der Waals surface area contributed by atoms with E-state index in [2.05, 4.69) is 88.7 Å². The van der Waals surface area contributed by atoms with Gasteiger partial charge in [0.25, 0.3) is 0 Å². The van der Waals surface area contributed by atoms with Crippen molar-refractivity contribution < 1.29 is 5.11 Å². The van der Waals surface area contributed by atoms with E-state index in [9.17, 15) is 5.11 Å². The molecule has 2 aliphatic heterocycles. The van der Waals surface area contributed by atoms with Crippen molar-refractivity contribution in [2.24, 2.45) is 5.92 Å². The number of nitrogens with zero attached hydrogens (tertiary/aromatic N) is 2. The van der Waals surface area contributed by atoms with Crippen molar-refractivity contribution in [2.45, 2.75) is 57.7 Å². The molecule has 3 nitrogen and oxygen atoms in total. The molecule has 2 heterocycles. The van der Waals surface area contributed by atoms with Gasteiger partial charge >= 0.3 is 0 Å². The van der Waals surface area contributed by atoms with Gasteiger partial charge in [-0.3, -0.25) is 9.80 Å². The van der Waals surface area contributed by atoms with Gasteiger partial charge in [0, 0.05) is 26.2 Å². The summed E-state index contributed by atoms with van der Waals surface area (Å²) in [6.07, 6.45) is 6.33. The average molecular weight is 542 g/mol. The Labute approximate surface area is 235 Å². The van der Waals surface area contributed by atoms with E-state index in [4.69, 9.17) is 0 Å². The van der Waals surface area contributed by atoms with Crippen LogP contribution in [-0.2, 0) is 25.9 Å². The van der Waals surface area contributed by atoms with Crippen molar-refractivity contribution in [3.05, 3.63) is 107 Å². The Balaban J connectivity index is 0.00000190. The number of fused-ring (bicyclic) bond motifs is 1. The number of piperidine rings is 1. The molecular formula is C32H42Cl2N2O. The predicted octanol–water partition coefficient (Wildman–Crippen LogP) is 6.86. The van der Waals surface area contributed by atoms with E-state index >= 15 is 0 Å². The van der Waals surface area contributed by atoms with Gasteiger partial charge in [0.2, 0.25) is 0 Å². The van der Waals surface area contributed by atoms with Crippen LogP contribution in [0.1, 0.15) is 59.6 Å². The highest BCUT2D eigenvalue weighted by atomic mass is 35.5. The van der Waals surface area contributed by atoms with Crippen molar-refractivity contribution >= 4 is 24.8 Å². The molecule has 1 atom stereocenters. The van der Waals surface area contributed by atoms with Crippen LogP contribution in [0.4, 0.5) is 0 Å². The minimum absolute atomic E-state index is 0. The summed E-state index contributed by atoms with van der Waals surface area (Å²) in [5, 5.41) is 11.0. The summed E-state index contributed by atoms with van der Waals surface area (Å²) >= 11 is 0. The molecule has 0 aliphatic carbocycles. The van der Waals surface area contributed by atoms with Gasteiger partial charge in [-0.15, -0.1) is 24.8 Å². The van der Waals surface area contributed by atoms with Gasteiger partial charge in [-0.25, -0.2) is 0 Å². The molecule has 37 heavy (non-hydrogen) atoms. The first kappa shape index (κ1) is 29.7. The summed E-state index contributed by atoms with van der Waals surface area (Å²) in [5.41, 5.74) is 6.81. The average Bonchev–Trinajstić information content (AvgIpc) is 3.11. The molecule has 200 valence electrons. The number of rotatable bonds is 8. The molecule has 0 aromatic heterocycles. The van der Waals surface area contributed by atoms with Crippen LogP contribution in [0.3, 0.4) is 0 Å². The molecule has 1 unspecified atom stereocenters. The van der Waals surface area contributed by atoms with Crippen LogP contribution in [0.25, 0.3) is 0 Å². The molecule has 0 saturated carbocycles. The zero-order chi connectivity index (χ0) is 23.9. The molecule has 3 aromatic carbocycles. The first-order valence-corrected chi connectivity index (χ1v) is 13.6. The first-order chi connectivity index (χ1) is 17.2. The highest BCUT2D eigenvalue weighted by Gasteiger charge is 2.21. The second-order valence-corrected chi connectivity index (χ2v) is 10.6. The molecule has 5 heteroatoms. The lowest BCUT2D eigenvalue weighted by atomic mass is 9.89. The summed E-state index contributed by atoms with van der Waals surface area (Å²) in [6, 6.07) is 28.4. The Kier molecular flexibility index (Phi) is 11.9. The standard InChI is InChI=1S/C32H40N2O.2ClH/c35-32(14-11-26-15-19-33(20-16-26)24-27-7-3-1-4-8-27)31-13-12-29-17-21-34(22-18-30(29)23-31)25-28-9-5-2-6-10-28;;/h1-10,12-13,23,26,32,35H,11,14-22,24-25H2;2*1H. The second-order valence-electron chi connectivity index (χ2n) is 10.6. The molecule has 3 aromatic rings.